The first-order valence-corrected chi connectivity index (χ1v) is 23.3. The molecule has 0 bridgehead atoms. The van der Waals surface area contributed by atoms with Gasteiger partial charge in [-0.25, -0.2) is 9.59 Å². The Balaban J connectivity index is 1.51. The molecule has 8 atom stereocenters. The number of primary amides is 1. The Bertz CT molecular complexity index is 2210. The molecule has 0 saturated carbocycles. The monoisotopic (exact) mass is 971 g/mol. The van der Waals surface area contributed by atoms with Crippen molar-refractivity contribution in [1.82, 2.24) is 10.2 Å². The Morgan fingerprint density at radius 1 is 1.13 bits per heavy atom. The quantitative estimate of drug-likeness (QED) is 0.0555. The van der Waals surface area contributed by atoms with Gasteiger partial charge >= 0.3 is 12.1 Å². The molecule has 2 aliphatic rings. The van der Waals surface area contributed by atoms with E-state index in [-0.39, 0.29) is 41.9 Å². The number of thioether (sulfide) groups is 1. The third-order valence-electron chi connectivity index (χ3n) is 12.6. The fourth-order valence-corrected chi connectivity index (χ4v) is 8.98. The lowest BCUT2D eigenvalue weighted by atomic mass is 9.83. The van der Waals surface area contributed by atoms with Crippen molar-refractivity contribution in [2.45, 2.75) is 127 Å². The second kappa shape index (κ2) is 22.8. The molecule has 4 rings (SSSR count). The van der Waals surface area contributed by atoms with E-state index >= 15 is 0 Å². The van der Waals surface area contributed by atoms with E-state index in [4.69, 9.17) is 41.0 Å². The van der Waals surface area contributed by atoms with Crippen LogP contribution in [0.15, 0.2) is 60.7 Å². The number of nitrogens with one attached hydrogen (secondary N) is 2. The Hall–Kier alpha value is -5.14. The zero-order valence-electron chi connectivity index (χ0n) is 40.2. The van der Waals surface area contributed by atoms with Gasteiger partial charge in [-0.2, -0.15) is 0 Å². The van der Waals surface area contributed by atoms with Crippen LogP contribution >= 0.6 is 23.4 Å². The molecule has 2 heterocycles. The number of nitrogens with two attached hydrogens (primary N) is 1. The van der Waals surface area contributed by atoms with Crippen molar-refractivity contribution in [3.63, 3.8) is 0 Å². The highest BCUT2D eigenvalue weighted by atomic mass is 35.5. The minimum Gasteiger partial charge on any atom is -0.495 e. The van der Waals surface area contributed by atoms with E-state index in [1.54, 1.807) is 45.2 Å². The summed E-state index contributed by atoms with van der Waals surface area (Å²) >= 11 is 8.14. The number of methoxy groups -OCH3 is 2. The zero-order chi connectivity index (χ0) is 50.2. The predicted octanol–water partition coefficient (Wildman–Crippen LogP) is 6.18. The number of carbonyl (C=O) groups is 6. The number of anilines is 2. The molecule has 5 N–H and O–H groups in total. The van der Waals surface area contributed by atoms with Crippen LogP contribution in [0.4, 0.5) is 16.2 Å². The molecule has 1 unspecified atom stereocenters. The second-order valence-electron chi connectivity index (χ2n) is 17.9. The third-order valence-corrected chi connectivity index (χ3v) is 14.3. The highest BCUT2D eigenvalue weighted by Gasteiger charge is 2.64. The zero-order valence-corrected chi connectivity index (χ0v) is 41.8. The van der Waals surface area contributed by atoms with Crippen LogP contribution in [0, 0.1) is 5.92 Å². The summed E-state index contributed by atoms with van der Waals surface area (Å²) in [5, 5.41) is 16.8. The van der Waals surface area contributed by atoms with E-state index < -0.39 is 76.3 Å². The molecule has 17 nitrogen and oxygen atoms in total. The molecule has 2 aromatic carbocycles. The minimum absolute atomic E-state index is 0.0470. The Morgan fingerprint density at radius 2 is 1.79 bits per heavy atom. The molecule has 2 saturated heterocycles. The summed E-state index contributed by atoms with van der Waals surface area (Å²) in [6.07, 6.45) is -0.826. The molecule has 0 aromatic heterocycles. The van der Waals surface area contributed by atoms with Crippen LogP contribution < -0.4 is 26.0 Å². The number of rotatable bonds is 23. The van der Waals surface area contributed by atoms with Crippen molar-refractivity contribution in [3.05, 3.63) is 76.9 Å². The number of carbonyl (C=O) groups excluding carboxylic acids is 6. The van der Waals surface area contributed by atoms with Crippen molar-refractivity contribution >= 4 is 70.4 Å². The van der Waals surface area contributed by atoms with Crippen molar-refractivity contribution in [1.29, 1.82) is 0 Å². The number of nitrogens with zero attached hydrogens (tertiary/aromatic N) is 2. The van der Waals surface area contributed by atoms with Gasteiger partial charge in [-0.1, -0.05) is 50.1 Å². The molecule has 0 aliphatic carbocycles. The average Bonchev–Trinajstić information content (AvgIpc) is 3.98. The molecule has 368 valence electrons. The molecule has 0 spiro atoms. The number of amides is 5. The molecule has 5 amide bonds. The van der Waals surface area contributed by atoms with Gasteiger partial charge in [0.25, 0.3) is 0 Å². The number of benzene rings is 2. The number of allylic oxidation sites excluding steroid dienone is 2. The molecule has 2 aliphatic heterocycles. The van der Waals surface area contributed by atoms with Crippen LogP contribution in [0.3, 0.4) is 0 Å². The third kappa shape index (κ3) is 13.7. The number of epoxide rings is 1. The van der Waals surface area contributed by atoms with Gasteiger partial charge < -0.3 is 49.6 Å². The summed E-state index contributed by atoms with van der Waals surface area (Å²) in [5.41, 5.74) is 5.28. The first kappa shape index (κ1) is 54.5. The number of esters is 1. The number of hydrogen-bond donors (Lipinski definition) is 4. The smallest absolute Gasteiger partial charge is 0.409 e. The SMILES string of the molecule is C=C[C@@H](OC)[C@@]1(O)CC([C@@H](C)[C@@H]2O[C@@]2(C)[C@H](CC(=O)N(C)c2cc(C/C(C)=C/C)cc(OC)c2Cl)OC(=O)[C@H](C)N(C)C(=O)CCC(C)(C)SCC(=O)Nc2ccc(C(N)=O)cc2)OC(=O)N1. The maximum Gasteiger partial charge on any atom is 0.409 e. The normalized spacial score (nSPS) is 22.2. The molecule has 2 aromatic rings. The van der Waals surface area contributed by atoms with Crippen LogP contribution in [0.2, 0.25) is 5.02 Å². The fourth-order valence-electron chi connectivity index (χ4n) is 7.83. The molecule has 2 fully saturated rings. The van der Waals surface area contributed by atoms with Crippen molar-refractivity contribution in [2.75, 3.05) is 44.3 Å². The van der Waals surface area contributed by atoms with Crippen molar-refractivity contribution < 1.29 is 57.6 Å². The summed E-state index contributed by atoms with van der Waals surface area (Å²) in [6, 6.07) is 8.71. The highest BCUT2D eigenvalue weighted by molar-refractivity contribution is 8.01. The van der Waals surface area contributed by atoms with E-state index in [9.17, 15) is 33.9 Å². The first-order chi connectivity index (χ1) is 31.3. The van der Waals surface area contributed by atoms with Gasteiger partial charge in [0.15, 0.2) is 5.72 Å². The maximum atomic E-state index is 14.3. The van der Waals surface area contributed by atoms with Gasteiger partial charge in [0, 0.05) is 56.0 Å². The van der Waals surface area contributed by atoms with Gasteiger partial charge in [0.2, 0.25) is 23.6 Å². The molecule has 0 radical (unpaired) electrons. The van der Waals surface area contributed by atoms with E-state index in [0.29, 0.717) is 35.5 Å². The highest BCUT2D eigenvalue weighted by Crippen LogP contribution is 2.49. The van der Waals surface area contributed by atoms with Gasteiger partial charge in [0.1, 0.15) is 40.7 Å². The van der Waals surface area contributed by atoms with Crippen LogP contribution in [-0.2, 0) is 44.5 Å². The van der Waals surface area contributed by atoms with E-state index in [2.05, 4.69) is 17.2 Å². The maximum absolute atomic E-state index is 14.3. The second-order valence-corrected chi connectivity index (χ2v) is 20.0. The summed E-state index contributed by atoms with van der Waals surface area (Å²) < 4.78 is 28.5. The molecular weight excluding hydrogens is 906 g/mol. The summed E-state index contributed by atoms with van der Waals surface area (Å²) in [7, 11) is 5.89. The molecular formula is C48H66ClN5O12S. The van der Waals surface area contributed by atoms with Gasteiger partial charge in [-0.3, -0.25) is 24.5 Å². The predicted molar refractivity (Wildman–Crippen MR) is 257 cm³/mol. The van der Waals surface area contributed by atoms with Gasteiger partial charge in [0.05, 0.1) is 31.1 Å². The van der Waals surface area contributed by atoms with Crippen molar-refractivity contribution in [3.8, 4) is 5.75 Å². The number of cyclic esters (lactones) is 1. The van der Waals surface area contributed by atoms with Crippen molar-refractivity contribution in [2.24, 2.45) is 11.7 Å². The Kier molecular flexibility index (Phi) is 18.5. The minimum atomic E-state index is -1.85. The summed E-state index contributed by atoms with van der Waals surface area (Å²) in [5.74, 6) is -2.59. The standard InChI is InChI=1S/C48H66ClN5O12S/c1-13-27(3)21-30-22-33(41(49)34(23-30)62-11)54(10)40(57)24-37(47(8)42(66-47)28(4)35-25-48(61,36(14-2)63-12)52-45(60)64-35)65-44(59)29(5)53(9)39(56)19-20-46(6,7)67-26-38(55)51-32-17-15-31(16-18-32)43(50)58/h13-18,22-23,28-29,35-37,42,61H,2,19-21,24-26H2,1,3-12H3,(H2,50,58)(H,51,55)(H,52,60)/b27-13+/t28-,29+,35?,36-,37+,42+,47+,48+/m1/s1. The van der Waals surface area contributed by atoms with Crippen LogP contribution in [0.1, 0.15) is 90.1 Å². The number of hydrogen-bond acceptors (Lipinski definition) is 13. The number of aliphatic hydroxyl groups is 1. The topological polar surface area (TPSA) is 229 Å². The van der Waals surface area contributed by atoms with Crippen LogP contribution in [-0.4, -0.2) is 126 Å². The van der Waals surface area contributed by atoms with Gasteiger partial charge in [-0.05, 0) is 82.5 Å². The first-order valence-electron chi connectivity index (χ1n) is 21.9. The van der Waals surface area contributed by atoms with E-state index in [1.165, 1.54) is 68.0 Å². The van der Waals surface area contributed by atoms with E-state index in [1.807, 2.05) is 33.8 Å². The van der Waals surface area contributed by atoms with E-state index in [0.717, 1.165) is 11.1 Å². The summed E-state index contributed by atoms with van der Waals surface area (Å²) in [6.45, 7) is 16.4. The Morgan fingerprint density at radius 3 is 2.37 bits per heavy atom. The molecule has 19 heteroatoms. The number of halogens is 1. The lowest BCUT2D eigenvalue weighted by molar-refractivity contribution is -0.162. The van der Waals surface area contributed by atoms with Crippen LogP contribution in [0.5, 0.6) is 5.75 Å². The summed E-state index contributed by atoms with van der Waals surface area (Å²) in [4.78, 5) is 81.5. The lowest BCUT2D eigenvalue weighted by Crippen LogP contribution is -2.63. The van der Waals surface area contributed by atoms with Crippen LogP contribution in [0.25, 0.3) is 0 Å². The van der Waals surface area contributed by atoms with Gasteiger partial charge in [-0.15, -0.1) is 18.3 Å². The number of ether oxygens (including phenoxy) is 5. The lowest BCUT2D eigenvalue weighted by Gasteiger charge is -2.42. The largest absolute Gasteiger partial charge is 0.495 e. The molecule has 67 heavy (non-hydrogen) atoms. The number of likely N-dealkylation sites (N-methyl/N-ethyl adjacent to an activating group) is 1. The fraction of sp³-hybridized carbons (Fsp3) is 0.542. The Labute approximate surface area is 402 Å². The average molecular weight is 973 g/mol. The number of alkyl carbamates (subject to hydrolysis) is 1.